The maximum Gasteiger partial charge on any atom is 0.323 e. The molecule has 1 fully saturated rings. The van der Waals surface area contributed by atoms with Gasteiger partial charge >= 0.3 is 6.03 Å². The van der Waals surface area contributed by atoms with Gasteiger partial charge in [0, 0.05) is 39.3 Å². The van der Waals surface area contributed by atoms with E-state index in [0.717, 1.165) is 16.8 Å². The van der Waals surface area contributed by atoms with E-state index in [2.05, 4.69) is 10.4 Å². The first-order valence-corrected chi connectivity index (χ1v) is 11.5. The summed E-state index contributed by atoms with van der Waals surface area (Å²) in [5.41, 5.74) is 2.91. The number of piperazine rings is 1. The third-order valence-corrected chi connectivity index (χ3v) is 7.28. The first kappa shape index (κ1) is 21.1. The Morgan fingerprint density at radius 3 is 2.26 bits per heavy atom. The quantitative estimate of drug-likeness (QED) is 0.677. The second-order valence-electron chi connectivity index (χ2n) is 7.54. The van der Waals surface area contributed by atoms with Gasteiger partial charge in [-0.3, -0.25) is 10.00 Å². The van der Waals surface area contributed by atoms with Crippen LogP contribution in [0, 0.1) is 6.92 Å². The van der Waals surface area contributed by atoms with Gasteiger partial charge in [0.1, 0.15) is 0 Å². The minimum atomic E-state index is -3.56. The molecule has 0 bridgehead atoms. The molecule has 2 heterocycles. The van der Waals surface area contributed by atoms with E-state index >= 15 is 0 Å². The van der Waals surface area contributed by atoms with Crippen molar-refractivity contribution in [2.45, 2.75) is 11.8 Å². The zero-order chi connectivity index (χ0) is 22.0. The van der Waals surface area contributed by atoms with Crippen molar-refractivity contribution >= 4 is 21.9 Å². The highest BCUT2D eigenvalue weighted by molar-refractivity contribution is 7.89. The number of urea groups is 1. The van der Waals surface area contributed by atoms with Crippen molar-refractivity contribution < 1.29 is 13.2 Å². The molecule has 1 aliphatic heterocycles. The highest BCUT2D eigenvalue weighted by atomic mass is 32.2. The van der Waals surface area contributed by atoms with Gasteiger partial charge in [-0.15, -0.1) is 0 Å². The predicted molar refractivity (Wildman–Crippen MR) is 119 cm³/mol. The van der Waals surface area contributed by atoms with Crippen molar-refractivity contribution in [3.05, 3.63) is 66.2 Å². The normalized spacial score (nSPS) is 15.1. The zero-order valence-electron chi connectivity index (χ0n) is 17.5. The first-order chi connectivity index (χ1) is 14.8. The van der Waals surface area contributed by atoms with Gasteiger partial charge in [0.05, 0.1) is 10.6 Å². The Balaban J connectivity index is 1.38. The van der Waals surface area contributed by atoms with Crippen molar-refractivity contribution in [3.63, 3.8) is 0 Å². The monoisotopic (exact) mass is 439 g/mol. The van der Waals surface area contributed by atoms with Crippen molar-refractivity contribution in [1.82, 2.24) is 19.0 Å². The van der Waals surface area contributed by atoms with Gasteiger partial charge in [-0.25, -0.2) is 13.2 Å². The minimum absolute atomic E-state index is 0.251. The van der Waals surface area contributed by atoms with Crippen LogP contribution in [0.25, 0.3) is 11.3 Å². The average Bonchev–Trinajstić information content (AvgIpc) is 3.14. The average molecular weight is 440 g/mol. The smallest absolute Gasteiger partial charge is 0.322 e. The lowest BCUT2D eigenvalue weighted by atomic mass is 10.1. The maximum absolute atomic E-state index is 12.8. The van der Waals surface area contributed by atoms with Gasteiger partial charge in [0.2, 0.25) is 10.0 Å². The third kappa shape index (κ3) is 4.47. The van der Waals surface area contributed by atoms with E-state index in [4.69, 9.17) is 0 Å². The topological polar surface area (TPSA) is 87.5 Å². The summed E-state index contributed by atoms with van der Waals surface area (Å²) in [7, 11) is -1.73. The van der Waals surface area contributed by atoms with Crippen molar-refractivity contribution in [1.29, 1.82) is 0 Å². The van der Waals surface area contributed by atoms with E-state index < -0.39 is 10.0 Å². The molecular weight excluding hydrogens is 414 g/mol. The number of sulfonamides is 1. The lowest BCUT2D eigenvalue weighted by Gasteiger charge is -2.33. The van der Waals surface area contributed by atoms with Crippen LogP contribution in [0.15, 0.2) is 65.6 Å². The molecule has 1 N–H and O–H groups in total. The molecule has 0 unspecified atom stereocenters. The lowest BCUT2D eigenvalue weighted by molar-refractivity contribution is 0.184. The molecule has 0 atom stereocenters. The van der Waals surface area contributed by atoms with Crippen molar-refractivity contribution in [3.8, 4) is 11.3 Å². The summed E-state index contributed by atoms with van der Waals surface area (Å²) in [5.74, 6) is 0.459. The van der Waals surface area contributed by atoms with Gasteiger partial charge in [0.25, 0.3) is 0 Å². The van der Waals surface area contributed by atoms with Crippen molar-refractivity contribution in [2.24, 2.45) is 7.05 Å². The number of aryl methyl sites for hydroxylation is 2. The molecule has 1 saturated heterocycles. The Morgan fingerprint density at radius 1 is 0.968 bits per heavy atom. The Hall–Kier alpha value is -3.17. The molecule has 0 spiro atoms. The number of hydrogen-bond donors (Lipinski definition) is 1. The van der Waals surface area contributed by atoms with Gasteiger partial charge < -0.3 is 4.90 Å². The molecule has 0 radical (unpaired) electrons. The van der Waals surface area contributed by atoms with Crippen LogP contribution < -0.4 is 5.32 Å². The maximum atomic E-state index is 12.8. The van der Waals surface area contributed by atoms with Gasteiger partial charge in [-0.2, -0.15) is 9.40 Å². The number of amides is 2. The summed E-state index contributed by atoms with van der Waals surface area (Å²) < 4.78 is 28.8. The van der Waals surface area contributed by atoms with E-state index in [1.165, 1.54) is 4.31 Å². The van der Waals surface area contributed by atoms with E-state index in [-0.39, 0.29) is 24.0 Å². The largest absolute Gasteiger partial charge is 0.323 e. The molecule has 4 rings (SSSR count). The summed E-state index contributed by atoms with van der Waals surface area (Å²) in [6.45, 7) is 3.05. The fourth-order valence-electron chi connectivity index (χ4n) is 3.59. The Morgan fingerprint density at radius 2 is 1.61 bits per heavy atom. The van der Waals surface area contributed by atoms with Crippen LogP contribution in [0.3, 0.4) is 0 Å². The molecule has 0 saturated carbocycles. The molecule has 162 valence electrons. The van der Waals surface area contributed by atoms with Crippen LogP contribution in [0.2, 0.25) is 0 Å². The first-order valence-electron chi connectivity index (χ1n) is 10.1. The molecule has 2 aromatic carbocycles. The molecular formula is C22H25N5O3S. The molecule has 8 nitrogen and oxygen atoms in total. The second kappa shape index (κ2) is 8.52. The summed E-state index contributed by atoms with van der Waals surface area (Å²) in [5, 5.41) is 7.20. The number of hydrogen-bond acceptors (Lipinski definition) is 4. The zero-order valence-corrected chi connectivity index (χ0v) is 18.3. The minimum Gasteiger partial charge on any atom is -0.322 e. The Bertz CT molecular complexity index is 1170. The van der Waals surface area contributed by atoms with Crippen LogP contribution in [-0.4, -0.2) is 59.6 Å². The molecule has 9 heteroatoms. The number of carbonyl (C=O) groups excluding carboxylic acids is 1. The van der Waals surface area contributed by atoms with Gasteiger partial charge in [-0.1, -0.05) is 48.0 Å². The number of anilines is 1. The van der Waals surface area contributed by atoms with E-state index in [9.17, 15) is 13.2 Å². The molecule has 1 aromatic heterocycles. The number of nitrogens with one attached hydrogen (secondary N) is 1. The summed E-state index contributed by atoms with van der Waals surface area (Å²) >= 11 is 0. The van der Waals surface area contributed by atoms with Crippen LogP contribution in [-0.2, 0) is 17.1 Å². The second-order valence-corrected chi connectivity index (χ2v) is 9.48. The molecule has 1 aliphatic rings. The number of nitrogens with zero attached hydrogens (tertiary/aromatic N) is 4. The molecule has 2 amide bonds. The van der Waals surface area contributed by atoms with Crippen molar-refractivity contribution in [2.75, 3.05) is 31.5 Å². The van der Waals surface area contributed by atoms with Crippen LogP contribution in [0.1, 0.15) is 5.56 Å². The van der Waals surface area contributed by atoms with E-state index in [1.54, 1.807) is 33.8 Å². The number of rotatable bonds is 4. The SMILES string of the molecule is Cc1ccc(S(=O)(=O)N2CCN(C(=O)Nc3cc(-c4ccccc4)n(C)n3)CC2)cc1. The summed E-state index contributed by atoms with van der Waals surface area (Å²) in [6, 6.07) is 18.2. The van der Waals surface area contributed by atoms with E-state index in [1.807, 2.05) is 50.4 Å². The molecule has 3 aromatic rings. The predicted octanol–water partition coefficient (Wildman–Crippen LogP) is 2.93. The van der Waals surface area contributed by atoms with Gasteiger partial charge in [-0.05, 0) is 24.6 Å². The van der Waals surface area contributed by atoms with E-state index in [0.29, 0.717) is 18.9 Å². The summed E-state index contributed by atoms with van der Waals surface area (Å²) in [4.78, 5) is 14.6. The summed E-state index contributed by atoms with van der Waals surface area (Å²) in [6.07, 6.45) is 0. The molecule has 31 heavy (non-hydrogen) atoms. The van der Waals surface area contributed by atoms with Gasteiger partial charge in [0.15, 0.2) is 5.82 Å². The van der Waals surface area contributed by atoms with Crippen LogP contribution in [0.4, 0.5) is 10.6 Å². The third-order valence-electron chi connectivity index (χ3n) is 5.37. The Kier molecular flexibility index (Phi) is 5.79. The highest BCUT2D eigenvalue weighted by Gasteiger charge is 2.30. The fourth-order valence-corrected chi connectivity index (χ4v) is 5.01. The number of aromatic nitrogens is 2. The molecule has 0 aliphatic carbocycles. The fraction of sp³-hybridized carbons (Fsp3) is 0.273. The highest BCUT2D eigenvalue weighted by Crippen LogP contribution is 2.22. The number of carbonyl (C=O) groups is 1. The Labute approximate surface area is 182 Å². The number of benzene rings is 2. The lowest BCUT2D eigenvalue weighted by Crippen LogP contribution is -2.51. The van der Waals surface area contributed by atoms with Crippen LogP contribution >= 0.6 is 0 Å². The standard InChI is InChI=1S/C22H25N5O3S/c1-17-8-10-19(11-9-17)31(29,30)27-14-12-26(13-15-27)22(28)23-21-16-20(25(2)24-21)18-6-4-3-5-7-18/h3-11,16H,12-15H2,1-2H3,(H,23,24,28). The van der Waals surface area contributed by atoms with Crippen LogP contribution in [0.5, 0.6) is 0 Å².